The first-order valence-corrected chi connectivity index (χ1v) is 21.2. The minimum atomic E-state index is -2.19. The number of alkyl halides is 1. The molecule has 0 aromatic carbocycles. The van der Waals surface area contributed by atoms with Crippen LogP contribution in [-0.2, 0) is 19.4 Å². The molecule has 0 spiro atoms. The summed E-state index contributed by atoms with van der Waals surface area (Å²) in [6.07, 6.45) is 1.34. The monoisotopic (exact) mass is 731 g/mol. The molecule has 2 amide bonds. The average molecular weight is 732 g/mol. The molecule has 1 N–H and O–H groups in total. The second-order valence-electron chi connectivity index (χ2n) is 18.8. The molecule has 286 valence electrons. The second kappa shape index (κ2) is 14.7. The van der Waals surface area contributed by atoms with Crippen LogP contribution in [0.1, 0.15) is 120 Å². The molecule has 2 heterocycles. The van der Waals surface area contributed by atoms with Gasteiger partial charge in [0.1, 0.15) is 23.2 Å². The summed E-state index contributed by atoms with van der Waals surface area (Å²) < 4.78 is 41.4. The number of amides is 2. The zero-order chi connectivity index (χ0) is 38.3. The zero-order valence-corrected chi connectivity index (χ0v) is 34.3. The van der Waals surface area contributed by atoms with Crippen molar-refractivity contribution in [2.45, 2.75) is 168 Å². The van der Waals surface area contributed by atoms with E-state index in [2.05, 4.69) is 44.2 Å². The first-order valence-electron chi connectivity index (χ1n) is 18.3. The van der Waals surface area contributed by atoms with Gasteiger partial charge in [-0.05, 0) is 118 Å². The van der Waals surface area contributed by atoms with Gasteiger partial charge in [-0.3, -0.25) is 0 Å². The lowest BCUT2D eigenvalue weighted by molar-refractivity contribution is 0.0425. The predicted octanol–water partition coefficient (Wildman–Crippen LogP) is 9.39. The number of pyridine rings is 1. The third-order valence-corrected chi connectivity index (χ3v) is 14.2. The molecule has 4 rings (SSSR count). The maximum absolute atomic E-state index is 15.6. The summed E-state index contributed by atoms with van der Waals surface area (Å²) in [6, 6.07) is 5.36. The van der Waals surface area contributed by atoms with Crippen LogP contribution in [0.15, 0.2) is 24.4 Å². The Balaban J connectivity index is 1.57. The maximum atomic E-state index is 15.6. The highest BCUT2D eigenvalue weighted by atomic mass is 28.4. The van der Waals surface area contributed by atoms with Crippen molar-refractivity contribution in [2.24, 2.45) is 5.92 Å². The molecule has 0 unspecified atom stereocenters. The van der Waals surface area contributed by atoms with Crippen molar-refractivity contribution in [1.29, 1.82) is 0 Å². The van der Waals surface area contributed by atoms with Gasteiger partial charge in [0.15, 0.2) is 8.32 Å². The Hall–Kier alpha value is -3.19. The molecule has 2 fully saturated rings. The number of rotatable bonds is 9. The molecular weight excluding hydrogens is 670 g/mol. The van der Waals surface area contributed by atoms with Crippen LogP contribution in [0.5, 0.6) is 5.88 Å². The summed E-state index contributed by atoms with van der Waals surface area (Å²) in [5.74, 6) is 0.916. The highest BCUT2D eigenvalue weighted by molar-refractivity contribution is 6.74. The van der Waals surface area contributed by atoms with Gasteiger partial charge >= 0.3 is 12.2 Å². The van der Waals surface area contributed by atoms with E-state index in [1.807, 2.05) is 73.1 Å². The van der Waals surface area contributed by atoms with Crippen LogP contribution < -0.4 is 15.0 Å². The highest BCUT2D eigenvalue weighted by Gasteiger charge is 2.45. The van der Waals surface area contributed by atoms with Crippen molar-refractivity contribution in [1.82, 2.24) is 20.1 Å². The number of aromatic nitrogens is 3. The standard InChI is InChI=1S/C38H62FN5O6Si/c1-35(2,3)44-32(22-29(42-44)25-19-28(39)30(20-25)50-51(13,14)38(10,11)12)43(34(46)49-37(7,8)9)27-15-16-40-31(21-27)47-23-24-17-26(18-24)41-33(45)48-36(4,5)6/h15-16,21-22,24-26,28,30H,17-20,23H2,1-14H3,(H,41,45)/t24?,25-,26?,28+,30-/m0/s1. The Morgan fingerprint density at radius 2 is 1.57 bits per heavy atom. The number of nitrogens with one attached hydrogen (secondary N) is 1. The number of hydrogen-bond acceptors (Lipinski definition) is 8. The summed E-state index contributed by atoms with van der Waals surface area (Å²) in [7, 11) is -2.19. The number of carbonyl (C=O) groups excluding carboxylic acids is 2. The fourth-order valence-corrected chi connectivity index (χ4v) is 7.39. The molecule has 0 saturated heterocycles. The van der Waals surface area contributed by atoms with Crippen molar-refractivity contribution in [3.8, 4) is 5.88 Å². The van der Waals surface area contributed by atoms with Crippen molar-refractivity contribution in [2.75, 3.05) is 11.5 Å². The van der Waals surface area contributed by atoms with Crippen molar-refractivity contribution in [3.05, 3.63) is 30.1 Å². The molecular formula is C38H62FN5O6Si. The van der Waals surface area contributed by atoms with Crippen molar-refractivity contribution >= 4 is 32.0 Å². The van der Waals surface area contributed by atoms with Crippen LogP contribution in [0.3, 0.4) is 0 Å². The summed E-state index contributed by atoms with van der Waals surface area (Å²) >= 11 is 0. The number of anilines is 2. The Morgan fingerprint density at radius 1 is 0.941 bits per heavy atom. The zero-order valence-electron chi connectivity index (χ0n) is 33.3. The largest absolute Gasteiger partial charge is 0.477 e. The lowest BCUT2D eigenvalue weighted by Crippen LogP contribution is -2.47. The lowest BCUT2D eigenvalue weighted by atomic mass is 9.81. The quantitative estimate of drug-likeness (QED) is 0.254. The molecule has 0 radical (unpaired) electrons. The molecule has 0 aliphatic heterocycles. The number of halogens is 1. The van der Waals surface area contributed by atoms with E-state index < -0.39 is 49.5 Å². The first-order chi connectivity index (χ1) is 23.2. The molecule has 2 aromatic rings. The minimum Gasteiger partial charge on any atom is -0.477 e. The topological polar surface area (TPSA) is 117 Å². The van der Waals surface area contributed by atoms with Crippen LogP contribution in [0.2, 0.25) is 18.1 Å². The van der Waals surface area contributed by atoms with Gasteiger partial charge in [-0.2, -0.15) is 5.10 Å². The van der Waals surface area contributed by atoms with Gasteiger partial charge in [-0.25, -0.2) is 28.5 Å². The lowest BCUT2D eigenvalue weighted by Gasteiger charge is -2.38. The van der Waals surface area contributed by atoms with E-state index >= 15 is 4.39 Å². The second-order valence-corrected chi connectivity index (χ2v) is 23.5. The molecule has 51 heavy (non-hydrogen) atoms. The first kappa shape index (κ1) is 40.6. The fourth-order valence-electron chi connectivity index (χ4n) is 6.03. The Morgan fingerprint density at radius 3 is 2.14 bits per heavy atom. The van der Waals surface area contributed by atoms with Gasteiger partial charge in [0, 0.05) is 30.3 Å². The number of ether oxygens (including phenoxy) is 3. The Bertz CT molecular complexity index is 1530. The molecule has 3 atom stereocenters. The normalized spacial score (nSPS) is 23.0. The molecule has 2 aliphatic rings. The predicted molar refractivity (Wildman–Crippen MR) is 200 cm³/mol. The van der Waals surface area contributed by atoms with E-state index in [-0.39, 0.29) is 22.9 Å². The van der Waals surface area contributed by atoms with Gasteiger partial charge in [0.25, 0.3) is 0 Å². The fraction of sp³-hybridized carbons (Fsp3) is 0.737. The van der Waals surface area contributed by atoms with Gasteiger partial charge in [0.2, 0.25) is 5.88 Å². The molecule has 0 bridgehead atoms. The van der Waals surface area contributed by atoms with Crippen LogP contribution >= 0.6 is 0 Å². The summed E-state index contributed by atoms with van der Waals surface area (Å²) in [5.41, 5.74) is -0.644. The molecule has 11 nitrogen and oxygen atoms in total. The molecule has 13 heteroatoms. The Labute approximate surface area is 305 Å². The average Bonchev–Trinajstić information content (AvgIpc) is 3.51. The third kappa shape index (κ3) is 10.7. The van der Waals surface area contributed by atoms with E-state index in [1.54, 1.807) is 18.3 Å². The number of nitrogens with zero attached hydrogens (tertiary/aromatic N) is 4. The van der Waals surface area contributed by atoms with Gasteiger partial charge < -0.3 is 24.0 Å². The van der Waals surface area contributed by atoms with Gasteiger partial charge in [-0.1, -0.05) is 20.8 Å². The molecule has 2 aliphatic carbocycles. The Kier molecular flexibility index (Phi) is 11.7. The third-order valence-electron chi connectivity index (χ3n) is 9.65. The van der Waals surface area contributed by atoms with Crippen molar-refractivity contribution in [3.63, 3.8) is 0 Å². The number of hydrogen-bond donors (Lipinski definition) is 1. The summed E-state index contributed by atoms with van der Waals surface area (Å²) in [5, 5.41) is 7.89. The van der Waals surface area contributed by atoms with Crippen LogP contribution in [-0.4, -0.2) is 71.4 Å². The number of alkyl carbamates (subject to hydrolysis) is 1. The number of carbonyl (C=O) groups is 2. The highest BCUT2D eigenvalue weighted by Crippen LogP contribution is 2.45. The summed E-state index contributed by atoms with van der Waals surface area (Å²) in [6.45, 7) is 28.2. The molecule has 2 saturated carbocycles. The van der Waals surface area contributed by atoms with Crippen molar-refractivity contribution < 1.29 is 32.6 Å². The van der Waals surface area contributed by atoms with E-state index in [4.69, 9.17) is 23.7 Å². The van der Waals surface area contributed by atoms with E-state index in [0.717, 1.165) is 12.8 Å². The molecule has 2 aromatic heterocycles. The minimum absolute atomic E-state index is 0.0312. The van der Waals surface area contributed by atoms with E-state index in [1.165, 1.54) is 4.90 Å². The maximum Gasteiger partial charge on any atom is 0.420 e. The SMILES string of the molecule is CC(C)(C)OC(=O)NC1CC(COc2cc(N(C(=O)OC(C)(C)C)c3cc([C@H]4C[C@@H](F)[C@@H](O[Si](C)(C)C(C)(C)C)C4)nn3C(C)(C)C)ccn2)C1. The summed E-state index contributed by atoms with van der Waals surface area (Å²) in [4.78, 5) is 32.1. The van der Waals surface area contributed by atoms with E-state index in [9.17, 15) is 9.59 Å². The van der Waals surface area contributed by atoms with Crippen LogP contribution in [0, 0.1) is 5.92 Å². The van der Waals surface area contributed by atoms with Crippen LogP contribution in [0.25, 0.3) is 0 Å². The van der Waals surface area contributed by atoms with Gasteiger partial charge in [0.05, 0.1) is 29.6 Å². The van der Waals surface area contributed by atoms with Gasteiger partial charge in [-0.15, -0.1) is 0 Å². The van der Waals surface area contributed by atoms with E-state index in [0.29, 0.717) is 42.5 Å². The smallest absolute Gasteiger partial charge is 0.420 e. The van der Waals surface area contributed by atoms with Crippen LogP contribution in [0.4, 0.5) is 25.5 Å².